The number of guanidine groups is 1. The minimum absolute atomic E-state index is 0.00469. The van der Waals surface area contributed by atoms with Crippen LogP contribution in [-0.4, -0.2) is 42.8 Å². The van der Waals surface area contributed by atoms with Gasteiger partial charge in [0.05, 0.1) is 0 Å². The number of amides is 3. The highest BCUT2D eigenvalue weighted by atomic mass is 16.2. The van der Waals surface area contributed by atoms with Crippen LogP contribution in [0.5, 0.6) is 0 Å². The first-order valence-electron chi connectivity index (χ1n) is 13.8. The molecule has 0 aromatic rings. The summed E-state index contributed by atoms with van der Waals surface area (Å²) in [5.74, 6) is -0.654. The molecule has 0 heterocycles. The Balaban J connectivity index is 3.61. The highest BCUT2D eigenvalue weighted by Gasteiger charge is 2.17. The van der Waals surface area contributed by atoms with Crippen LogP contribution in [-0.2, 0) is 14.4 Å². The largest absolute Gasteiger partial charge is 0.370 e. The molecule has 0 unspecified atom stereocenters. The molecule has 0 radical (unpaired) electrons. The number of carbonyl (C=O) groups is 3. The number of nitrogens with one attached hydrogen (secondary N) is 2. The Hall–Kier alpha value is -2.32. The predicted molar refractivity (Wildman–Crippen MR) is 144 cm³/mol. The third-order valence-electron chi connectivity index (χ3n) is 6.03. The Morgan fingerprint density at radius 2 is 1.20 bits per heavy atom. The van der Waals surface area contributed by atoms with E-state index in [1.165, 1.54) is 57.8 Å². The molecule has 204 valence electrons. The molecule has 1 atom stereocenters. The molecular weight excluding hydrogens is 444 g/mol. The molecule has 0 fully saturated rings. The third kappa shape index (κ3) is 23.2. The Labute approximate surface area is 212 Å². The van der Waals surface area contributed by atoms with Crippen molar-refractivity contribution < 1.29 is 14.4 Å². The summed E-state index contributed by atoms with van der Waals surface area (Å²) in [4.78, 5) is 39.4. The van der Waals surface area contributed by atoms with E-state index in [9.17, 15) is 14.4 Å². The maximum Gasteiger partial charge on any atom is 0.240 e. The first kappa shape index (κ1) is 32.7. The topological polar surface area (TPSA) is 166 Å². The number of nitrogens with zero attached hydrogens (tertiary/aromatic N) is 1. The second kappa shape index (κ2) is 23.4. The van der Waals surface area contributed by atoms with E-state index in [2.05, 4.69) is 22.5 Å². The molecule has 35 heavy (non-hydrogen) atoms. The molecule has 0 saturated heterocycles. The van der Waals surface area contributed by atoms with Crippen LogP contribution in [0.25, 0.3) is 0 Å². The SMILES string of the molecule is CCCCCCCCCCCCCC(=O)NCCCCCC(=O)N[C@@H](CCCN=C(N)N)C(N)=O. The van der Waals surface area contributed by atoms with E-state index in [-0.39, 0.29) is 17.8 Å². The molecular formula is C26H52N6O3. The van der Waals surface area contributed by atoms with Crippen molar-refractivity contribution in [1.82, 2.24) is 10.6 Å². The number of hydrogen-bond acceptors (Lipinski definition) is 4. The minimum Gasteiger partial charge on any atom is -0.370 e. The van der Waals surface area contributed by atoms with Crippen molar-refractivity contribution in [3.05, 3.63) is 0 Å². The van der Waals surface area contributed by atoms with Crippen LogP contribution in [0.4, 0.5) is 0 Å². The van der Waals surface area contributed by atoms with Crippen LogP contribution in [0.1, 0.15) is 122 Å². The molecule has 0 bridgehead atoms. The van der Waals surface area contributed by atoms with Crippen LogP contribution >= 0.6 is 0 Å². The molecule has 0 aromatic carbocycles. The molecule has 0 saturated carbocycles. The molecule has 3 amide bonds. The first-order valence-corrected chi connectivity index (χ1v) is 13.8. The molecule has 8 N–H and O–H groups in total. The Morgan fingerprint density at radius 3 is 1.74 bits per heavy atom. The summed E-state index contributed by atoms with van der Waals surface area (Å²) in [6.45, 7) is 3.26. The number of aliphatic imine (C=N–C) groups is 1. The van der Waals surface area contributed by atoms with E-state index in [0.717, 1.165) is 25.7 Å². The van der Waals surface area contributed by atoms with E-state index in [0.29, 0.717) is 45.2 Å². The third-order valence-corrected chi connectivity index (χ3v) is 6.03. The van der Waals surface area contributed by atoms with Gasteiger partial charge in [0.1, 0.15) is 6.04 Å². The summed E-state index contributed by atoms with van der Waals surface area (Å²) in [5.41, 5.74) is 15.9. The van der Waals surface area contributed by atoms with Crippen LogP contribution in [0, 0.1) is 0 Å². The van der Waals surface area contributed by atoms with Gasteiger partial charge < -0.3 is 27.8 Å². The zero-order valence-electron chi connectivity index (χ0n) is 22.1. The molecule has 9 heteroatoms. The van der Waals surface area contributed by atoms with Gasteiger partial charge in [-0.1, -0.05) is 77.6 Å². The summed E-state index contributed by atoms with van der Waals surface area (Å²) in [5, 5.41) is 5.64. The van der Waals surface area contributed by atoms with Crippen LogP contribution in [0.15, 0.2) is 4.99 Å². The standard InChI is InChI=1S/C26H52N6O3/c1-2-3-4-5-6-7-8-9-10-11-13-18-23(33)30-20-15-12-14-19-24(34)32-22(25(27)35)17-16-21-31-26(28)29/h22H,2-21H2,1H3,(H2,27,35)(H,30,33)(H,32,34)(H4,28,29,31)/t22-/m0/s1. The maximum atomic E-state index is 12.1. The lowest BCUT2D eigenvalue weighted by atomic mass is 10.1. The summed E-state index contributed by atoms with van der Waals surface area (Å²) in [6, 6.07) is -0.716. The van der Waals surface area contributed by atoms with Crippen LogP contribution in [0.2, 0.25) is 0 Å². The highest BCUT2D eigenvalue weighted by Crippen LogP contribution is 2.12. The van der Waals surface area contributed by atoms with Crippen molar-refractivity contribution in [1.29, 1.82) is 0 Å². The van der Waals surface area contributed by atoms with Crippen LogP contribution < -0.4 is 27.8 Å². The van der Waals surface area contributed by atoms with Gasteiger partial charge in [0, 0.05) is 25.9 Å². The second-order valence-corrected chi connectivity index (χ2v) is 9.42. The Bertz CT molecular complexity index is 594. The quantitative estimate of drug-likeness (QED) is 0.0783. The van der Waals surface area contributed by atoms with Crippen LogP contribution in [0.3, 0.4) is 0 Å². The van der Waals surface area contributed by atoms with Crippen molar-refractivity contribution >= 4 is 23.7 Å². The molecule has 0 aromatic heterocycles. The fourth-order valence-electron chi connectivity index (χ4n) is 3.91. The highest BCUT2D eigenvalue weighted by molar-refractivity contribution is 5.86. The summed E-state index contributed by atoms with van der Waals surface area (Å²) in [7, 11) is 0. The van der Waals surface area contributed by atoms with Crippen molar-refractivity contribution in [2.75, 3.05) is 13.1 Å². The molecule has 0 aliphatic heterocycles. The fourth-order valence-corrected chi connectivity index (χ4v) is 3.91. The van der Waals surface area contributed by atoms with Gasteiger partial charge in [-0.15, -0.1) is 0 Å². The molecule has 0 rings (SSSR count). The van der Waals surface area contributed by atoms with Crippen molar-refractivity contribution in [2.24, 2.45) is 22.2 Å². The molecule has 0 spiro atoms. The van der Waals surface area contributed by atoms with Gasteiger partial charge in [0.25, 0.3) is 0 Å². The average molecular weight is 497 g/mol. The van der Waals surface area contributed by atoms with Gasteiger partial charge in [0.15, 0.2) is 5.96 Å². The zero-order chi connectivity index (χ0) is 26.2. The Morgan fingerprint density at radius 1 is 0.686 bits per heavy atom. The van der Waals surface area contributed by atoms with Gasteiger partial charge in [-0.2, -0.15) is 0 Å². The summed E-state index contributed by atoms with van der Waals surface area (Å²) in [6.07, 6.45) is 18.2. The Kier molecular flexibility index (Phi) is 21.9. The summed E-state index contributed by atoms with van der Waals surface area (Å²) < 4.78 is 0. The predicted octanol–water partition coefficient (Wildman–Crippen LogP) is 3.39. The lowest BCUT2D eigenvalue weighted by Gasteiger charge is -2.15. The van der Waals surface area contributed by atoms with Crippen molar-refractivity contribution in [3.8, 4) is 0 Å². The molecule has 0 aliphatic rings. The van der Waals surface area contributed by atoms with E-state index in [1.54, 1.807) is 0 Å². The minimum atomic E-state index is -0.716. The van der Waals surface area contributed by atoms with Gasteiger partial charge in [-0.05, 0) is 32.1 Å². The first-order chi connectivity index (χ1) is 16.9. The maximum absolute atomic E-state index is 12.1. The van der Waals surface area contributed by atoms with E-state index < -0.39 is 11.9 Å². The summed E-state index contributed by atoms with van der Waals surface area (Å²) >= 11 is 0. The lowest BCUT2D eigenvalue weighted by Crippen LogP contribution is -2.44. The fraction of sp³-hybridized carbons (Fsp3) is 0.846. The van der Waals surface area contributed by atoms with Gasteiger partial charge >= 0.3 is 0 Å². The number of carbonyl (C=O) groups excluding carboxylic acids is 3. The monoisotopic (exact) mass is 496 g/mol. The second-order valence-electron chi connectivity index (χ2n) is 9.42. The normalized spacial score (nSPS) is 11.6. The number of hydrogen-bond donors (Lipinski definition) is 5. The van der Waals surface area contributed by atoms with Gasteiger partial charge in [0.2, 0.25) is 17.7 Å². The number of primary amides is 1. The van der Waals surface area contributed by atoms with Gasteiger partial charge in [-0.25, -0.2) is 0 Å². The van der Waals surface area contributed by atoms with Crippen molar-refractivity contribution in [3.63, 3.8) is 0 Å². The number of nitrogens with two attached hydrogens (primary N) is 3. The van der Waals surface area contributed by atoms with E-state index >= 15 is 0 Å². The van der Waals surface area contributed by atoms with Crippen molar-refractivity contribution in [2.45, 2.75) is 129 Å². The number of rotatable bonds is 24. The average Bonchev–Trinajstić information content (AvgIpc) is 2.81. The van der Waals surface area contributed by atoms with E-state index in [1.807, 2.05) is 0 Å². The lowest BCUT2D eigenvalue weighted by molar-refractivity contribution is -0.127. The molecule has 9 nitrogen and oxygen atoms in total. The zero-order valence-corrected chi connectivity index (χ0v) is 22.1. The van der Waals surface area contributed by atoms with Gasteiger partial charge in [-0.3, -0.25) is 19.4 Å². The molecule has 0 aliphatic carbocycles. The number of unbranched alkanes of at least 4 members (excludes halogenated alkanes) is 12. The van der Waals surface area contributed by atoms with E-state index in [4.69, 9.17) is 17.2 Å². The smallest absolute Gasteiger partial charge is 0.240 e.